The summed E-state index contributed by atoms with van der Waals surface area (Å²) in [4.78, 5) is 0.839. The molecule has 0 aliphatic heterocycles. The molecule has 0 unspecified atom stereocenters. The fourth-order valence-corrected chi connectivity index (χ4v) is 7.17. The van der Waals surface area contributed by atoms with Crippen molar-refractivity contribution in [1.29, 1.82) is 0 Å². The van der Waals surface area contributed by atoms with E-state index < -0.39 is 10.0 Å². The molecule has 0 aromatic carbocycles. The third-order valence-electron chi connectivity index (χ3n) is 2.66. The van der Waals surface area contributed by atoms with Crippen LogP contribution in [0.4, 0.5) is 5.69 Å². The van der Waals surface area contributed by atoms with Gasteiger partial charge in [-0.2, -0.15) is 0 Å². The number of halogens is 3. The Balaban J connectivity index is 1.97. The lowest BCUT2D eigenvalue weighted by molar-refractivity contribution is 0.603. The smallest absolute Gasteiger partial charge is 0.271 e. The molecule has 0 saturated carbocycles. The van der Waals surface area contributed by atoms with Crippen LogP contribution in [0.15, 0.2) is 37.0 Å². The zero-order valence-electron chi connectivity index (χ0n) is 10.5. The van der Waals surface area contributed by atoms with Crippen molar-refractivity contribution in [3.05, 3.63) is 42.1 Å². The summed E-state index contributed by atoms with van der Waals surface area (Å²) in [7, 11) is -3.69. The van der Waals surface area contributed by atoms with E-state index in [1.54, 1.807) is 11.4 Å². The van der Waals surface area contributed by atoms with E-state index in [0.717, 1.165) is 21.8 Å². The first-order chi connectivity index (χ1) is 10.4. The molecular weight excluding hydrogens is 469 g/mol. The average Bonchev–Trinajstić information content (AvgIpc) is 3.12. The van der Waals surface area contributed by atoms with Gasteiger partial charge < -0.3 is 0 Å². The van der Waals surface area contributed by atoms with Crippen LogP contribution in [0.2, 0.25) is 9.36 Å². The maximum atomic E-state index is 12.5. The van der Waals surface area contributed by atoms with E-state index in [4.69, 9.17) is 23.2 Å². The van der Waals surface area contributed by atoms with Crippen LogP contribution in [0.1, 0.15) is 0 Å². The van der Waals surface area contributed by atoms with Gasteiger partial charge in [-0.15, -0.1) is 34.0 Å². The van der Waals surface area contributed by atoms with E-state index in [0.29, 0.717) is 19.5 Å². The van der Waals surface area contributed by atoms with Crippen molar-refractivity contribution in [1.82, 2.24) is 0 Å². The van der Waals surface area contributed by atoms with Crippen molar-refractivity contribution in [3.63, 3.8) is 0 Å². The van der Waals surface area contributed by atoms with E-state index in [9.17, 15) is 8.42 Å². The Morgan fingerprint density at radius 2 is 2.00 bits per heavy atom. The third-order valence-corrected chi connectivity index (χ3v) is 9.09. The number of sulfonamides is 1. The van der Waals surface area contributed by atoms with Crippen LogP contribution in [-0.4, -0.2) is 8.42 Å². The minimum atomic E-state index is -3.69. The number of hydrogen-bond donors (Lipinski definition) is 1. The maximum absolute atomic E-state index is 12.5. The number of hydrogen-bond acceptors (Lipinski definition) is 5. The summed E-state index contributed by atoms with van der Waals surface area (Å²) in [6.45, 7) is 0. The highest BCUT2D eigenvalue weighted by Crippen LogP contribution is 2.41. The highest BCUT2D eigenvalue weighted by Gasteiger charge is 2.22. The average molecular weight is 475 g/mol. The Morgan fingerprint density at radius 1 is 1.23 bits per heavy atom. The second kappa shape index (κ2) is 6.43. The summed E-state index contributed by atoms with van der Waals surface area (Å²) in [6, 6.07) is 3.27. The second-order valence-electron chi connectivity index (χ2n) is 4.09. The molecule has 10 heteroatoms. The van der Waals surface area contributed by atoms with Gasteiger partial charge in [0.15, 0.2) is 0 Å². The van der Waals surface area contributed by atoms with Gasteiger partial charge in [0, 0.05) is 20.8 Å². The van der Waals surface area contributed by atoms with Gasteiger partial charge in [-0.1, -0.05) is 23.2 Å². The van der Waals surface area contributed by atoms with E-state index in [2.05, 4.69) is 20.7 Å². The quantitative estimate of drug-likeness (QED) is 0.474. The molecule has 0 atom stereocenters. The SMILES string of the molecule is O=S(=O)(Nc1cscc1-c1sccc1Cl)c1cc(Br)c(Cl)s1. The maximum Gasteiger partial charge on any atom is 0.271 e. The van der Waals surface area contributed by atoms with Gasteiger partial charge in [0.2, 0.25) is 0 Å². The van der Waals surface area contributed by atoms with Crippen LogP contribution in [0.3, 0.4) is 0 Å². The lowest BCUT2D eigenvalue weighted by Gasteiger charge is -2.07. The van der Waals surface area contributed by atoms with Gasteiger partial charge in [0.25, 0.3) is 10.0 Å². The largest absolute Gasteiger partial charge is 0.277 e. The molecule has 3 rings (SSSR count). The molecule has 0 saturated heterocycles. The number of nitrogens with one attached hydrogen (secondary N) is 1. The van der Waals surface area contributed by atoms with Gasteiger partial charge in [0.05, 0.1) is 15.6 Å². The molecule has 0 amide bonds. The summed E-state index contributed by atoms with van der Waals surface area (Å²) in [6.07, 6.45) is 0. The first kappa shape index (κ1) is 16.8. The van der Waals surface area contributed by atoms with Crippen LogP contribution in [0.5, 0.6) is 0 Å². The lowest BCUT2D eigenvalue weighted by atomic mass is 10.2. The van der Waals surface area contributed by atoms with Gasteiger partial charge >= 0.3 is 0 Å². The van der Waals surface area contributed by atoms with Crippen molar-refractivity contribution >= 4 is 88.9 Å². The summed E-state index contributed by atoms with van der Waals surface area (Å²) < 4.78 is 28.6. The Bertz CT molecular complexity index is 909. The Kier molecular flexibility index (Phi) is 4.90. The van der Waals surface area contributed by atoms with Crippen LogP contribution in [-0.2, 0) is 10.0 Å². The monoisotopic (exact) mass is 473 g/mol. The van der Waals surface area contributed by atoms with Gasteiger partial charge in [0.1, 0.15) is 8.55 Å². The summed E-state index contributed by atoms with van der Waals surface area (Å²) >= 11 is 19.1. The number of thiophene rings is 3. The van der Waals surface area contributed by atoms with Crippen LogP contribution >= 0.6 is 73.1 Å². The number of rotatable bonds is 4. The molecule has 0 aliphatic rings. The fraction of sp³-hybridized carbons (Fsp3) is 0. The van der Waals surface area contributed by atoms with Crippen molar-refractivity contribution in [2.45, 2.75) is 4.21 Å². The van der Waals surface area contributed by atoms with Crippen LogP contribution < -0.4 is 4.72 Å². The van der Waals surface area contributed by atoms with Crippen molar-refractivity contribution in [2.75, 3.05) is 4.72 Å². The third kappa shape index (κ3) is 3.24. The van der Waals surface area contributed by atoms with E-state index in [1.807, 2.05) is 10.8 Å². The molecule has 22 heavy (non-hydrogen) atoms. The normalized spacial score (nSPS) is 11.8. The molecule has 3 nitrogen and oxygen atoms in total. The van der Waals surface area contributed by atoms with Crippen molar-refractivity contribution in [3.8, 4) is 10.4 Å². The summed E-state index contributed by atoms with van der Waals surface area (Å²) in [5.41, 5.74) is 1.28. The van der Waals surface area contributed by atoms with Gasteiger partial charge in [-0.05, 0) is 33.4 Å². The van der Waals surface area contributed by atoms with Gasteiger partial charge in [-0.25, -0.2) is 8.42 Å². The van der Waals surface area contributed by atoms with Crippen LogP contribution in [0, 0.1) is 0 Å². The molecule has 0 spiro atoms. The van der Waals surface area contributed by atoms with E-state index >= 15 is 0 Å². The van der Waals surface area contributed by atoms with Gasteiger partial charge in [-0.3, -0.25) is 4.72 Å². The Morgan fingerprint density at radius 3 is 2.59 bits per heavy atom. The topological polar surface area (TPSA) is 46.2 Å². The molecule has 3 aromatic heterocycles. The summed E-state index contributed by atoms with van der Waals surface area (Å²) in [5.74, 6) is 0. The molecule has 116 valence electrons. The number of anilines is 1. The molecular formula is C12H6BrCl2NO2S4. The molecule has 0 bridgehead atoms. The molecule has 0 fully saturated rings. The molecule has 0 aliphatic carbocycles. The zero-order valence-corrected chi connectivity index (χ0v) is 16.8. The van der Waals surface area contributed by atoms with E-state index in [-0.39, 0.29) is 4.21 Å². The first-order valence-corrected chi connectivity index (χ1v) is 11.3. The minimum absolute atomic E-state index is 0.152. The molecule has 0 radical (unpaired) electrons. The Hall–Kier alpha value is -0.0900. The van der Waals surface area contributed by atoms with Crippen molar-refractivity contribution < 1.29 is 8.42 Å². The predicted molar refractivity (Wildman–Crippen MR) is 100 cm³/mol. The molecule has 3 aromatic rings. The van der Waals surface area contributed by atoms with Crippen LogP contribution in [0.25, 0.3) is 10.4 Å². The molecule has 1 N–H and O–H groups in total. The lowest BCUT2D eigenvalue weighted by Crippen LogP contribution is -2.11. The zero-order chi connectivity index (χ0) is 15.9. The summed E-state index contributed by atoms with van der Waals surface area (Å²) in [5, 5.41) is 6.08. The first-order valence-electron chi connectivity index (χ1n) is 5.65. The van der Waals surface area contributed by atoms with Crippen molar-refractivity contribution in [2.24, 2.45) is 0 Å². The predicted octanol–water partition coefficient (Wildman–Crippen LogP) is 6.41. The second-order valence-corrected chi connectivity index (χ2v) is 10.6. The minimum Gasteiger partial charge on any atom is -0.277 e. The standard InChI is InChI=1S/C12H6BrCl2NO2S4/c13-7-3-10(21-12(7)15)22(17,18)16-9-5-19-4-6(9)11-8(14)1-2-20-11/h1-5,16H. The molecule has 3 heterocycles. The highest BCUT2D eigenvalue weighted by atomic mass is 79.9. The Labute approximate surface area is 157 Å². The van der Waals surface area contributed by atoms with E-state index in [1.165, 1.54) is 28.7 Å². The fourth-order valence-electron chi connectivity index (χ4n) is 1.69. The highest BCUT2D eigenvalue weighted by molar-refractivity contribution is 9.10.